The first-order valence-electron chi connectivity index (χ1n) is 10.5. The van der Waals surface area contributed by atoms with Crippen molar-refractivity contribution in [1.29, 1.82) is 0 Å². The number of carbonyl (C=O) groups excluding carboxylic acids is 1. The molecule has 3 N–H and O–H groups in total. The molecule has 0 radical (unpaired) electrons. The zero-order valence-electron chi connectivity index (χ0n) is 18.3. The molecular formula is C22H33IN4O3S. The molecule has 31 heavy (non-hydrogen) atoms. The van der Waals surface area contributed by atoms with Crippen LogP contribution in [0.15, 0.2) is 45.3 Å². The molecule has 0 aromatic carbocycles. The Morgan fingerprint density at radius 2 is 2.10 bits per heavy atom. The maximum Gasteiger partial charge on any atom is 0.407 e. The number of ether oxygens (including phenoxy) is 1. The lowest BCUT2D eigenvalue weighted by Gasteiger charge is -2.24. The summed E-state index contributed by atoms with van der Waals surface area (Å²) in [6.45, 7) is 7.53. The largest absolute Gasteiger partial charge is 0.469 e. The van der Waals surface area contributed by atoms with Crippen LogP contribution in [0.4, 0.5) is 4.79 Å². The standard InChI is InChI=1S/C22H32N4O3S.HI/c1-22(2,3)29-21(27)26-19(16-8-9-16)15-25-20(24-14-18-7-5-13-30-18)23-11-10-17-6-4-12-28-17;/h4-7,12-13,16,19H,8-11,14-15H2,1-3H3,(H,26,27)(H2,23,24,25);1H. The number of nitrogens with zero attached hydrogens (tertiary/aromatic N) is 1. The van der Waals surface area contributed by atoms with Crippen LogP contribution in [0.25, 0.3) is 0 Å². The molecule has 1 saturated carbocycles. The number of hydrogen-bond acceptors (Lipinski definition) is 5. The molecule has 1 unspecified atom stereocenters. The number of rotatable bonds is 9. The molecule has 1 aliphatic carbocycles. The molecule has 9 heteroatoms. The van der Waals surface area contributed by atoms with Gasteiger partial charge in [0.25, 0.3) is 0 Å². The third-order valence-corrected chi connectivity index (χ3v) is 5.46. The van der Waals surface area contributed by atoms with Gasteiger partial charge in [-0.2, -0.15) is 0 Å². The lowest BCUT2D eigenvalue weighted by atomic mass is 10.2. The second-order valence-corrected chi connectivity index (χ2v) is 9.50. The van der Waals surface area contributed by atoms with Crippen molar-refractivity contribution in [2.75, 3.05) is 13.1 Å². The van der Waals surface area contributed by atoms with E-state index in [0.29, 0.717) is 25.6 Å². The predicted octanol–water partition coefficient (Wildman–Crippen LogP) is 4.54. The second-order valence-electron chi connectivity index (χ2n) is 8.47. The zero-order chi connectivity index (χ0) is 21.4. The fourth-order valence-electron chi connectivity index (χ4n) is 2.99. The number of aliphatic imine (C=N–C) groups is 1. The van der Waals surface area contributed by atoms with E-state index < -0.39 is 5.60 Å². The van der Waals surface area contributed by atoms with Gasteiger partial charge >= 0.3 is 6.09 Å². The summed E-state index contributed by atoms with van der Waals surface area (Å²) in [4.78, 5) is 18.1. The van der Waals surface area contributed by atoms with Crippen molar-refractivity contribution in [3.63, 3.8) is 0 Å². The molecule has 2 aromatic heterocycles. The van der Waals surface area contributed by atoms with E-state index in [1.807, 2.05) is 39.0 Å². The van der Waals surface area contributed by atoms with Crippen LogP contribution >= 0.6 is 35.3 Å². The number of furan rings is 1. The van der Waals surface area contributed by atoms with Crippen molar-refractivity contribution in [1.82, 2.24) is 16.0 Å². The van der Waals surface area contributed by atoms with E-state index in [4.69, 9.17) is 14.1 Å². The first kappa shape index (κ1) is 25.5. The van der Waals surface area contributed by atoms with Crippen LogP contribution in [0.2, 0.25) is 0 Å². The van der Waals surface area contributed by atoms with E-state index in [0.717, 1.165) is 31.0 Å². The SMILES string of the molecule is CC(C)(C)OC(=O)NC(CNC(=NCc1cccs1)NCCc1ccco1)C1CC1.I. The summed E-state index contributed by atoms with van der Waals surface area (Å²) >= 11 is 1.69. The van der Waals surface area contributed by atoms with Crippen LogP contribution < -0.4 is 16.0 Å². The minimum absolute atomic E-state index is 0. The molecule has 2 aromatic rings. The van der Waals surface area contributed by atoms with Gasteiger partial charge in [-0.15, -0.1) is 35.3 Å². The third-order valence-electron chi connectivity index (χ3n) is 4.60. The van der Waals surface area contributed by atoms with Crippen LogP contribution in [-0.2, 0) is 17.7 Å². The Morgan fingerprint density at radius 3 is 2.71 bits per heavy atom. The number of alkyl carbamates (subject to hydrolysis) is 1. The Labute approximate surface area is 205 Å². The van der Waals surface area contributed by atoms with E-state index in [1.165, 1.54) is 4.88 Å². The van der Waals surface area contributed by atoms with Crippen LogP contribution in [0.1, 0.15) is 44.3 Å². The first-order chi connectivity index (χ1) is 14.4. The highest BCUT2D eigenvalue weighted by molar-refractivity contribution is 14.0. The monoisotopic (exact) mass is 560 g/mol. The van der Waals surface area contributed by atoms with Crippen molar-refractivity contribution in [2.24, 2.45) is 10.9 Å². The smallest absolute Gasteiger partial charge is 0.407 e. The van der Waals surface area contributed by atoms with E-state index >= 15 is 0 Å². The molecule has 0 spiro atoms. The molecule has 7 nitrogen and oxygen atoms in total. The minimum Gasteiger partial charge on any atom is -0.469 e. The average Bonchev–Trinajstić information content (AvgIpc) is 3.14. The van der Waals surface area contributed by atoms with Crippen molar-refractivity contribution in [3.8, 4) is 0 Å². The van der Waals surface area contributed by atoms with Crippen LogP contribution in [0.5, 0.6) is 0 Å². The number of guanidine groups is 1. The van der Waals surface area contributed by atoms with E-state index in [-0.39, 0.29) is 36.1 Å². The summed E-state index contributed by atoms with van der Waals surface area (Å²) in [5, 5.41) is 11.8. The lowest BCUT2D eigenvalue weighted by Crippen LogP contribution is -2.49. The fourth-order valence-corrected chi connectivity index (χ4v) is 3.62. The molecule has 172 valence electrons. The van der Waals surface area contributed by atoms with E-state index in [2.05, 4.69) is 27.4 Å². The highest BCUT2D eigenvalue weighted by Gasteiger charge is 2.33. The van der Waals surface area contributed by atoms with E-state index in [9.17, 15) is 4.79 Å². The summed E-state index contributed by atoms with van der Waals surface area (Å²) < 4.78 is 10.8. The summed E-state index contributed by atoms with van der Waals surface area (Å²) in [6.07, 6.45) is 4.33. The molecular weight excluding hydrogens is 527 g/mol. The van der Waals surface area contributed by atoms with Crippen LogP contribution in [0.3, 0.4) is 0 Å². The molecule has 1 fully saturated rings. The molecule has 0 saturated heterocycles. The summed E-state index contributed by atoms with van der Waals surface area (Å²) in [5.41, 5.74) is -0.508. The zero-order valence-corrected chi connectivity index (χ0v) is 21.5. The number of amides is 1. The number of carbonyl (C=O) groups is 1. The van der Waals surface area contributed by atoms with Crippen molar-refractivity contribution in [3.05, 3.63) is 46.5 Å². The third kappa shape index (κ3) is 9.94. The maximum absolute atomic E-state index is 12.2. The Morgan fingerprint density at radius 1 is 1.29 bits per heavy atom. The van der Waals surface area contributed by atoms with E-state index in [1.54, 1.807) is 17.6 Å². The van der Waals surface area contributed by atoms with Crippen molar-refractivity contribution < 1.29 is 13.9 Å². The average molecular weight is 561 g/mol. The highest BCUT2D eigenvalue weighted by Crippen LogP contribution is 2.32. The van der Waals surface area contributed by atoms with Gasteiger partial charge in [0.1, 0.15) is 11.4 Å². The number of hydrogen-bond donors (Lipinski definition) is 3. The number of thiophene rings is 1. The minimum atomic E-state index is -0.508. The van der Waals surface area contributed by atoms with Gasteiger partial charge in [0.05, 0.1) is 18.8 Å². The molecule has 1 amide bonds. The topological polar surface area (TPSA) is 87.9 Å². The molecule has 0 aliphatic heterocycles. The predicted molar refractivity (Wildman–Crippen MR) is 135 cm³/mol. The molecule has 3 rings (SSSR count). The second kappa shape index (κ2) is 12.3. The fraction of sp³-hybridized carbons (Fsp3) is 0.545. The molecule has 1 atom stereocenters. The highest BCUT2D eigenvalue weighted by atomic mass is 127. The van der Waals surface area contributed by atoms with Gasteiger partial charge < -0.3 is 25.1 Å². The van der Waals surface area contributed by atoms with Crippen LogP contribution in [0, 0.1) is 5.92 Å². The lowest BCUT2D eigenvalue weighted by molar-refractivity contribution is 0.0498. The first-order valence-corrected chi connectivity index (χ1v) is 11.3. The molecule has 1 aliphatic rings. The Balaban J connectivity index is 0.00000341. The van der Waals surface area contributed by atoms with Crippen molar-refractivity contribution >= 4 is 47.4 Å². The normalized spacial score (nSPS) is 15.0. The van der Waals surface area contributed by atoms with Gasteiger partial charge in [0, 0.05) is 24.4 Å². The van der Waals surface area contributed by atoms with Gasteiger partial charge in [-0.05, 0) is 63.1 Å². The Bertz CT molecular complexity index is 799. The van der Waals surface area contributed by atoms with Gasteiger partial charge in [0.2, 0.25) is 0 Å². The summed E-state index contributed by atoms with van der Waals surface area (Å²) in [7, 11) is 0. The van der Waals surface area contributed by atoms with Crippen molar-refractivity contribution in [2.45, 2.75) is 58.2 Å². The molecule has 0 bridgehead atoms. The van der Waals surface area contributed by atoms with Crippen LogP contribution in [-0.4, -0.2) is 36.8 Å². The van der Waals surface area contributed by atoms with Gasteiger partial charge in [-0.3, -0.25) is 0 Å². The van der Waals surface area contributed by atoms with Gasteiger partial charge in [-0.1, -0.05) is 6.07 Å². The quantitative estimate of drug-likeness (QED) is 0.238. The summed E-state index contributed by atoms with van der Waals surface area (Å²) in [6, 6.07) is 7.97. The maximum atomic E-state index is 12.2. The molecule has 2 heterocycles. The number of halogens is 1. The Kier molecular flexibility index (Phi) is 10.1. The number of nitrogens with one attached hydrogen (secondary N) is 3. The van der Waals surface area contributed by atoms with Gasteiger partial charge in [0.15, 0.2) is 5.96 Å². The Hall–Kier alpha value is -1.75. The van der Waals surface area contributed by atoms with Gasteiger partial charge in [-0.25, -0.2) is 9.79 Å². The summed E-state index contributed by atoms with van der Waals surface area (Å²) in [5.74, 6) is 2.14.